The molecule has 1 saturated carbocycles. The molecule has 0 saturated heterocycles. The lowest BCUT2D eigenvalue weighted by Gasteiger charge is -2.30. The monoisotopic (exact) mass is 306 g/mol. The van der Waals surface area contributed by atoms with E-state index in [4.69, 9.17) is 21.3 Å². The number of hydrogen-bond acceptors (Lipinski definition) is 2. The summed E-state index contributed by atoms with van der Waals surface area (Å²) in [6.07, 6.45) is 6.39. The number of aromatic nitrogens is 2. The third-order valence-corrected chi connectivity index (χ3v) is 5.03. The van der Waals surface area contributed by atoms with Crippen LogP contribution in [0.3, 0.4) is 0 Å². The predicted molar refractivity (Wildman–Crippen MR) is 87.1 cm³/mol. The molecule has 1 aromatic carbocycles. The zero-order valence-corrected chi connectivity index (χ0v) is 13.6. The summed E-state index contributed by atoms with van der Waals surface area (Å²) in [4.78, 5) is 4.71. The van der Waals surface area contributed by atoms with Gasteiger partial charge in [0, 0.05) is 12.1 Å². The number of hydrogen-bond donors (Lipinski definition) is 0. The lowest BCUT2D eigenvalue weighted by Crippen LogP contribution is -2.20. The lowest BCUT2D eigenvalue weighted by molar-refractivity contribution is 0.262. The fourth-order valence-electron chi connectivity index (χ4n) is 3.62. The maximum absolute atomic E-state index is 6.15. The van der Waals surface area contributed by atoms with Crippen molar-refractivity contribution >= 4 is 22.6 Å². The van der Waals surface area contributed by atoms with Crippen molar-refractivity contribution < 1.29 is 4.74 Å². The number of benzene rings is 1. The molecule has 114 valence electrons. The van der Waals surface area contributed by atoms with E-state index in [0.717, 1.165) is 28.5 Å². The van der Waals surface area contributed by atoms with Gasteiger partial charge in [-0.05, 0) is 30.9 Å². The van der Waals surface area contributed by atoms with Crippen LogP contribution >= 0.6 is 11.6 Å². The van der Waals surface area contributed by atoms with E-state index in [1.54, 1.807) is 7.11 Å². The quantitative estimate of drug-likeness (QED) is 0.749. The molecule has 2 unspecified atom stereocenters. The highest BCUT2D eigenvalue weighted by Crippen LogP contribution is 2.37. The first kappa shape index (κ1) is 14.7. The van der Waals surface area contributed by atoms with Crippen LogP contribution < -0.4 is 4.74 Å². The van der Waals surface area contributed by atoms with Gasteiger partial charge in [0.2, 0.25) is 0 Å². The molecule has 0 amide bonds. The van der Waals surface area contributed by atoms with Gasteiger partial charge in [-0.3, -0.25) is 0 Å². The Kier molecular flexibility index (Phi) is 4.39. The number of methoxy groups -OCH3 is 1. The second kappa shape index (κ2) is 6.27. The smallest absolute Gasteiger partial charge is 0.125 e. The van der Waals surface area contributed by atoms with Gasteiger partial charge in [-0.25, -0.2) is 4.98 Å². The molecule has 21 heavy (non-hydrogen) atoms. The van der Waals surface area contributed by atoms with Gasteiger partial charge in [-0.2, -0.15) is 0 Å². The highest BCUT2D eigenvalue weighted by molar-refractivity contribution is 6.16. The van der Waals surface area contributed by atoms with Crippen molar-refractivity contribution in [3.8, 4) is 5.75 Å². The number of halogens is 1. The summed E-state index contributed by atoms with van der Waals surface area (Å²) < 4.78 is 7.74. The molecule has 2 atom stereocenters. The second-order valence-corrected chi connectivity index (χ2v) is 6.25. The van der Waals surface area contributed by atoms with Gasteiger partial charge in [0.15, 0.2) is 0 Å². The summed E-state index contributed by atoms with van der Waals surface area (Å²) in [6.45, 7) is 2.30. The van der Waals surface area contributed by atoms with E-state index in [2.05, 4.69) is 17.6 Å². The van der Waals surface area contributed by atoms with E-state index in [1.165, 1.54) is 32.1 Å². The molecule has 1 aliphatic rings. The Bertz CT molecular complexity index is 623. The summed E-state index contributed by atoms with van der Waals surface area (Å²) in [5.74, 6) is 3.16. The first-order chi connectivity index (χ1) is 10.3. The molecule has 1 fully saturated rings. The van der Waals surface area contributed by atoms with E-state index >= 15 is 0 Å². The normalized spacial score (nSPS) is 22.6. The Balaban J connectivity index is 2.06. The highest BCUT2D eigenvalue weighted by Gasteiger charge is 2.25. The van der Waals surface area contributed by atoms with Crippen LogP contribution in [0.5, 0.6) is 5.75 Å². The van der Waals surface area contributed by atoms with E-state index in [9.17, 15) is 0 Å². The van der Waals surface area contributed by atoms with Crippen molar-refractivity contribution in [2.24, 2.45) is 5.92 Å². The fraction of sp³-hybridized carbons (Fsp3) is 0.588. The summed E-state index contributed by atoms with van der Waals surface area (Å²) in [7, 11) is 1.71. The van der Waals surface area contributed by atoms with E-state index in [-0.39, 0.29) is 0 Å². The van der Waals surface area contributed by atoms with Crippen LogP contribution in [0, 0.1) is 5.92 Å². The molecule has 0 N–H and O–H groups in total. The minimum Gasteiger partial charge on any atom is -0.497 e. The molecule has 4 heteroatoms. The van der Waals surface area contributed by atoms with Gasteiger partial charge >= 0.3 is 0 Å². The Morgan fingerprint density at radius 2 is 2.24 bits per heavy atom. The van der Waals surface area contributed by atoms with E-state index < -0.39 is 0 Å². The van der Waals surface area contributed by atoms with Gasteiger partial charge in [-0.15, -0.1) is 11.6 Å². The van der Waals surface area contributed by atoms with Crippen LogP contribution in [0.25, 0.3) is 11.0 Å². The van der Waals surface area contributed by atoms with Crippen LogP contribution in [-0.4, -0.2) is 16.7 Å². The first-order valence-corrected chi connectivity index (χ1v) is 8.41. The molecule has 3 rings (SSSR count). The maximum Gasteiger partial charge on any atom is 0.125 e. The molecule has 3 nitrogen and oxygen atoms in total. The standard InChI is InChI=1S/C17H23ClN2O/c1-3-12-5-4-6-13(9-12)20-16-10-14(21-2)7-8-15(16)19-17(20)11-18/h7-8,10,12-13H,3-6,9,11H2,1-2H3. The van der Waals surface area contributed by atoms with Crippen molar-refractivity contribution in [2.45, 2.75) is 50.9 Å². The number of nitrogens with zero attached hydrogens (tertiary/aromatic N) is 2. The Hall–Kier alpha value is -1.22. The van der Waals surface area contributed by atoms with Crippen molar-refractivity contribution in [3.63, 3.8) is 0 Å². The summed E-state index contributed by atoms with van der Waals surface area (Å²) >= 11 is 6.15. The Morgan fingerprint density at radius 1 is 1.38 bits per heavy atom. The zero-order valence-electron chi connectivity index (χ0n) is 12.8. The number of alkyl halides is 1. The van der Waals surface area contributed by atoms with Crippen LogP contribution in [-0.2, 0) is 5.88 Å². The molecule has 1 aliphatic carbocycles. The lowest BCUT2D eigenvalue weighted by atomic mass is 9.84. The number of rotatable bonds is 4. The van der Waals surface area contributed by atoms with Crippen molar-refractivity contribution in [2.75, 3.05) is 7.11 Å². The molecule has 0 aliphatic heterocycles. The third kappa shape index (κ3) is 2.76. The molecule has 1 heterocycles. The molecular formula is C17H23ClN2O. The van der Waals surface area contributed by atoms with Gasteiger partial charge in [0.1, 0.15) is 11.6 Å². The molecule has 0 spiro atoms. The van der Waals surface area contributed by atoms with Gasteiger partial charge in [0.05, 0.1) is 24.0 Å². The average Bonchev–Trinajstić information content (AvgIpc) is 2.92. The van der Waals surface area contributed by atoms with Crippen molar-refractivity contribution in [3.05, 3.63) is 24.0 Å². The largest absolute Gasteiger partial charge is 0.497 e. The minimum absolute atomic E-state index is 0.463. The van der Waals surface area contributed by atoms with Crippen molar-refractivity contribution in [1.82, 2.24) is 9.55 Å². The molecule has 1 aromatic heterocycles. The zero-order chi connectivity index (χ0) is 14.8. The molecule has 0 radical (unpaired) electrons. The van der Waals surface area contributed by atoms with Crippen molar-refractivity contribution in [1.29, 1.82) is 0 Å². The number of fused-ring (bicyclic) bond motifs is 1. The van der Waals surface area contributed by atoms with E-state index in [0.29, 0.717) is 11.9 Å². The summed E-state index contributed by atoms with van der Waals surface area (Å²) in [5.41, 5.74) is 2.18. The third-order valence-electron chi connectivity index (χ3n) is 4.79. The van der Waals surface area contributed by atoms with Gasteiger partial charge in [0.25, 0.3) is 0 Å². The molecule has 0 bridgehead atoms. The minimum atomic E-state index is 0.463. The SMILES string of the molecule is CCC1CCCC(n2c(CCl)nc3ccc(OC)cc32)C1. The van der Waals surface area contributed by atoms with Crippen LogP contribution in [0.2, 0.25) is 0 Å². The van der Waals surface area contributed by atoms with Crippen LogP contribution in [0.4, 0.5) is 0 Å². The first-order valence-electron chi connectivity index (χ1n) is 7.87. The number of ether oxygens (including phenoxy) is 1. The van der Waals surface area contributed by atoms with Crippen LogP contribution in [0.15, 0.2) is 18.2 Å². The average molecular weight is 307 g/mol. The van der Waals surface area contributed by atoms with Gasteiger partial charge < -0.3 is 9.30 Å². The Morgan fingerprint density at radius 3 is 2.95 bits per heavy atom. The van der Waals surface area contributed by atoms with Gasteiger partial charge in [-0.1, -0.05) is 26.2 Å². The van der Waals surface area contributed by atoms with E-state index in [1.807, 2.05) is 12.1 Å². The molecule has 2 aromatic rings. The molecular weight excluding hydrogens is 284 g/mol. The Labute approximate surface area is 131 Å². The summed E-state index contributed by atoms with van der Waals surface area (Å²) in [5, 5.41) is 0. The summed E-state index contributed by atoms with van der Waals surface area (Å²) in [6, 6.07) is 6.61. The second-order valence-electron chi connectivity index (χ2n) is 5.98. The maximum atomic E-state index is 6.15. The fourth-order valence-corrected chi connectivity index (χ4v) is 3.81. The predicted octanol–water partition coefficient (Wildman–Crippen LogP) is 4.93. The highest BCUT2D eigenvalue weighted by atomic mass is 35.5. The topological polar surface area (TPSA) is 27.1 Å². The number of imidazole rings is 1. The van der Waals surface area contributed by atoms with Crippen LogP contribution in [0.1, 0.15) is 50.9 Å².